The summed E-state index contributed by atoms with van der Waals surface area (Å²) in [6, 6.07) is 8.57. The molecule has 0 bridgehead atoms. The first-order valence-electron chi connectivity index (χ1n) is 7.80. The highest BCUT2D eigenvalue weighted by Crippen LogP contribution is 2.27. The summed E-state index contributed by atoms with van der Waals surface area (Å²) in [5, 5.41) is 2.77. The van der Waals surface area contributed by atoms with E-state index in [2.05, 4.69) is 10.3 Å². The van der Waals surface area contributed by atoms with Crippen LogP contribution in [-0.2, 0) is 10.0 Å². The Morgan fingerprint density at radius 1 is 1.25 bits per heavy atom. The van der Waals surface area contributed by atoms with Gasteiger partial charge in [0.25, 0.3) is 5.91 Å². The van der Waals surface area contributed by atoms with Gasteiger partial charge in [-0.1, -0.05) is 0 Å². The lowest BCUT2D eigenvalue weighted by Gasteiger charge is -2.29. The van der Waals surface area contributed by atoms with Gasteiger partial charge in [-0.15, -0.1) is 0 Å². The van der Waals surface area contributed by atoms with Crippen molar-refractivity contribution in [2.45, 2.75) is 19.8 Å². The number of nitrogens with one attached hydrogen (secondary N) is 1. The molecule has 3 rings (SSSR count). The highest BCUT2D eigenvalue weighted by Gasteiger charge is 2.27. The zero-order valence-corrected chi connectivity index (χ0v) is 14.2. The normalized spacial score (nSPS) is 16.6. The fourth-order valence-electron chi connectivity index (χ4n) is 2.78. The first-order chi connectivity index (χ1) is 11.5. The van der Waals surface area contributed by atoms with E-state index in [1.165, 1.54) is 4.31 Å². The molecule has 0 atom stereocenters. The molecule has 126 valence electrons. The molecule has 1 aromatic heterocycles. The van der Waals surface area contributed by atoms with Gasteiger partial charge in [0.1, 0.15) is 0 Å². The minimum Gasteiger partial charge on any atom is -0.321 e. The molecule has 1 aromatic carbocycles. The summed E-state index contributed by atoms with van der Waals surface area (Å²) in [6.45, 7) is 2.31. The van der Waals surface area contributed by atoms with E-state index in [1.807, 2.05) is 6.92 Å². The van der Waals surface area contributed by atoms with Gasteiger partial charge in [0, 0.05) is 18.3 Å². The molecule has 0 radical (unpaired) electrons. The van der Waals surface area contributed by atoms with Crippen molar-refractivity contribution in [1.82, 2.24) is 4.98 Å². The third kappa shape index (κ3) is 3.41. The minimum absolute atomic E-state index is 0.176. The zero-order chi connectivity index (χ0) is 17.2. The van der Waals surface area contributed by atoms with Gasteiger partial charge in [0.05, 0.1) is 23.3 Å². The van der Waals surface area contributed by atoms with Gasteiger partial charge in [-0.05, 0) is 55.7 Å². The van der Waals surface area contributed by atoms with Crippen LogP contribution in [0.4, 0.5) is 11.4 Å². The number of sulfonamides is 1. The van der Waals surface area contributed by atoms with E-state index in [9.17, 15) is 13.2 Å². The Hall–Kier alpha value is -2.41. The fourth-order valence-corrected chi connectivity index (χ4v) is 4.48. The minimum atomic E-state index is -3.26. The maximum Gasteiger partial charge on any atom is 0.255 e. The van der Waals surface area contributed by atoms with Crippen LogP contribution >= 0.6 is 0 Å². The van der Waals surface area contributed by atoms with Crippen molar-refractivity contribution in [1.29, 1.82) is 0 Å². The summed E-state index contributed by atoms with van der Waals surface area (Å²) in [4.78, 5) is 16.3. The molecule has 1 aliphatic heterocycles. The van der Waals surface area contributed by atoms with E-state index >= 15 is 0 Å². The molecule has 1 N–H and O–H groups in total. The standard InChI is InChI=1S/C17H19N3O3S/c1-13-11-14(17(21)19-15-5-4-8-18-12-15)6-7-16(13)20-9-2-3-10-24(20,22)23/h4-8,11-12H,2-3,9-10H2,1H3,(H,19,21). The topological polar surface area (TPSA) is 79.4 Å². The quantitative estimate of drug-likeness (QED) is 0.927. The maximum absolute atomic E-state index is 12.3. The van der Waals surface area contributed by atoms with Gasteiger partial charge in [-0.3, -0.25) is 14.1 Å². The second kappa shape index (κ2) is 6.60. The van der Waals surface area contributed by atoms with Crippen LogP contribution in [0.3, 0.4) is 0 Å². The Labute approximate surface area is 141 Å². The highest BCUT2D eigenvalue weighted by atomic mass is 32.2. The number of aromatic nitrogens is 1. The second-order valence-electron chi connectivity index (χ2n) is 5.79. The van der Waals surface area contributed by atoms with Crippen molar-refractivity contribution < 1.29 is 13.2 Å². The van der Waals surface area contributed by atoms with Crippen molar-refractivity contribution in [3.8, 4) is 0 Å². The van der Waals surface area contributed by atoms with E-state index in [-0.39, 0.29) is 11.7 Å². The fraction of sp³-hybridized carbons (Fsp3) is 0.294. The van der Waals surface area contributed by atoms with E-state index in [0.29, 0.717) is 29.9 Å². The number of aryl methyl sites for hydroxylation is 1. The molecule has 1 aliphatic rings. The molecular formula is C17H19N3O3S. The summed E-state index contributed by atoms with van der Waals surface area (Å²) >= 11 is 0. The molecule has 1 saturated heterocycles. The largest absolute Gasteiger partial charge is 0.321 e. The monoisotopic (exact) mass is 345 g/mol. The zero-order valence-electron chi connectivity index (χ0n) is 13.4. The number of amides is 1. The molecule has 0 unspecified atom stereocenters. The lowest BCUT2D eigenvalue weighted by atomic mass is 10.1. The van der Waals surface area contributed by atoms with Crippen LogP contribution < -0.4 is 9.62 Å². The number of hydrogen-bond donors (Lipinski definition) is 1. The molecule has 7 heteroatoms. The molecule has 2 aromatic rings. The van der Waals surface area contributed by atoms with E-state index in [4.69, 9.17) is 0 Å². The first-order valence-corrected chi connectivity index (χ1v) is 9.41. The number of rotatable bonds is 3. The molecule has 6 nitrogen and oxygen atoms in total. The molecule has 0 saturated carbocycles. The number of hydrogen-bond acceptors (Lipinski definition) is 4. The van der Waals surface area contributed by atoms with Gasteiger partial charge in [-0.25, -0.2) is 8.42 Å². The lowest BCUT2D eigenvalue weighted by Crippen LogP contribution is -2.38. The van der Waals surface area contributed by atoms with Gasteiger partial charge < -0.3 is 5.32 Å². The molecular weight excluding hydrogens is 326 g/mol. The number of pyridine rings is 1. The molecule has 0 aliphatic carbocycles. The summed E-state index contributed by atoms with van der Waals surface area (Å²) in [5.74, 6) is -0.0745. The summed E-state index contributed by atoms with van der Waals surface area (Å²) in [6.07, 6.45) is 4.75. The number of carbonyl (C=O) groups excluding carboxylic acids is 1. The smallest absolute Gasteiger partial charge is 0.255 e. The first kappa shape index (κ1) is 16.4. The van der Waals surface area contributed by atoms with Crippen LogP contribution in [0.1, 0.15) is 28.8 Å². The van der Waals surface area contributed by atoms with Crippen LogP contribution in [0, 0.1) is 6.92 Å². The Balaban J connectivity index is 1.83. The van der Waals surface area contributed by atoms with Crippen LogP contribution in [-0.4, -0.2) is 31.6 Å². The molecule has 1 amide bonds. The SMILES string of the molecule is Cc1cc(C(=O)Nc2cccnc2)ccc1N1CCCCS1(=O)=O. The van der Waals surface area contributed by atoms with Gasteiger partial charge >= 0.3 is 0 Å². The number of anilines is 2. The summed E-state index contributed by atoms with van der Waals surface area (Å²) in [5.41, 5.74) is 2.50. The van der Waals surface area contributed by atoms with Crippen LogP contribution in [0.5, 0.6) is 0 Å². The Kier molecular flexibility index (Phi) is 4.53. The van der Waals surface area contributed by atoms with Crippen LogP contribution in [0.2, 0.25) is 0 Å². The predicted octanol–water partition coefficient (Wildman–Crippen LogP) is 2.57. The molecule has 2 heterocycles. The van der Waals surface area contributed by atoms with E-state index in [1.54, 1.807) is 42.7 Å². The van der Waals surface area contributed by atoms with E-state index < -0.39 is 10.0 Å². The van der Waals surface area contributed by atoms with Crippen molar-refractivity contribution in [3.63, 3.8) is 0 Å². The molecule has 0 spiro atoms. The third-order valence-corrected chi connectivity index (χ3v) is 5.85. The maximum atomic E-state index is 12.3. The van der Waals surface area contributed by atoms with Crippen LogP contribution in [0.25, 0.3) is 0 Å². The molecule has 1 fully saturated rings. The number of benzene rings is 1. The number of carbonyl (C=O) groups is 1. The van der Waals surface area contributed by atoms with Crippen molar-refractivity contribution in [3.05, 3.63) is 53.9 Å². The number of nitrogens with zero attached hydrogens (tertiary/aromatic N) is 2. The summed E-state index contributed by atoms with van der Waals surface area (Å²) < 4.78 is 25.9. The Morgan fingerprint density at radius 3 is 2.75 bits per heavy atom. The highest BCUT2D eigenvalue weighted by molar-refractivity contribution is 7.92. The Morgan fingerprint density at radius 2 is 2.08 bits per heavy atom. The Bertz CT molecular complexity index is 851. The lowest BCUT2D eigenvalue weighted by molar-refractivity contribution is 0.102. The van der Waals surface area contributed by atoms with Gasteiger partial charge in [0.2, 0.25) is 10.0 Å². The molecule has 24 heavy (non-hydrogen) atoms. The van der Waals surface area contributed by atoms with E-state index in [0.717, 1.165) is 12.0 Å². The van der Waals surface area contributed by atoms with Crippen molar-refractivity contribution in [2.75, 3.05) is 21.9 Å². The second-order valence-corrected chi connectivity index (χ2v) is 7.81. The third-order valence-electron chi connectivity index (χ3n) is 4.00. The average Bonchev–Trinajstić information content (AvgIpc) is 2.56. The van der Waals surface area contributed by atoms with Crippen LogP contribution in [0.15, 0.2) is 42.7 Å². The summed E-state index contributed by atoms with van der Waals surface area (Å²) in [7, 11) is -3.26. The van der Waals surface area contributed by atoms with Gasteiger partial charge in [-0.2, -0.15) is 0 Å². The van der Waals surface area contributed by atoms with Crippen molar-refractivity contribution >= 4 is 27.3 Å². The van der Waals surface area contributed by atoms with Crippen molar-refractivity contribution in [2.24, 2.45) is 0 Å². The average molecular weight is 345 g/mol. The van der Waals surface area contributed by atoms with Gasteiger partial charge in [0.15, 0.2) is 0 Å². The predicted molar refractivity (Wildman–Crippen MR) is 93.7 cm³/mol.